The van der Waals surface area contributed by atoms with Crippen molar-refractivity contribution in [2.45, 2.75) is 6.92 Å². The maximum absolute atomic E-state index is 12.0. The summed E-state index contributed by atoms with van der Waals surface area (Å²) < 4.78 is 6.96. The SMILES string of the molecule is COc1c(C)cc2ccn(C)cc-2c1=O. The van der Waals surface area contributed by atoms with Gasteiger partial charge >= 0.3 is 0 Å². The number of nitrogens with zero attached hydrogens (tertiary/aromatic N) is 1. The third-order valence-electron chi connectivity index (χ3n) is 2.52. The van der Waals surface area contributed by atoms with E-state index in [4.69, 9.17) is 4.74 Å². The lowest BCUT2D eigenvalue weighted by atomic mass is 10.0. The monoisotopic (exact) mass is 203 g/mol. The van der Waals surface area contributed by atoms with Crippen molar-refractivity contribution in [3.63, 3.8) is 0 Å². The Balaban J connectivity index is 2.87. The van der Waals surface area contributed by atoms with Crippen molar-refractivity contribution >= 4 is 0 Å². The molecule has 1 aliphatic carbocycles. The number of benzene rings is 1. The molecule has 1 aliphatic heterocycles. The molecule has 0 saturated carbocycles. The van der Waals surface area contributed by atoms with Crippen LogP contribution in [0.4, 0.5) is 0 Å². The predicted molar refractivity (Wildman–Crippen MR) is 59.6 cm³/mol. The van der Waals surface area contributed by atoms with E-state index >= 15 is 0 Å². The van der Waals surface area contributed by atoms with Gasteiger partial charge in [-0.15, -0.1) is 0 Å². The summed E-state index contributed by atoms with van der Waals surface area (Å²) in [5.41, 5.74) is 2.49. The van der Waals surface area contributed by atoms with Gasteiger partial charge in [-0.05, 0) is 30.2 Å². The number of fused-ring (bicyclic) bond motifs is 1. The standard InChI is InChI=1S/C12H13NO2/c1-8-6-9-4-5-13(2)7-10(9)11(14)12(8)15-3/h4-7H,1-3H3. The molecular formula is C12H13NO2. The van der Waals surface area contributed by atoms with E-state index in [0.717, 1.165) is 11.1 Å². The van der Waals surface area contributed by atoms with Crippen molar-refractivity contribution in [1.29, 1.82) is 0 Å². The Hall–Kier alpha value is -1.77. The summed E-state index contributed by atoms with van der Waals surface area (Å²) in [6.07, 6.45) is 3.74. The smallest absolute Gasteiger partial charge is 0.229 e. The van der Waals surface area contributed by atoms with Gasteiger partial charge in [0.15, 0.2) is 5.75 Å². The van der Waals surface area contributed by atoms with E-state index in [0.29, 0.717) is 11.3 Å². The van der Waals surface area contributed by atoms with Gasteiger partial charge in [0.25, 0.3) is 0 Å². The molecule has 0 aromatic rings. The Labute approximate surface area is 88.3 Å². The second-order valence-corrected chi connectivity index (χ2v) is 3.67. The van der Waals surface area contributed by atoms with Gasteiger partial charge in [0.05, 0.1) is 7.11 Å². The van der Waals surface area contributed by atoms with Crippen molar-refractivity contribution in [3.05, 3.63) is 40.3 Å². The zero-order valence-corrected chi connectivity index (χ0v) is 9.07. The molecule has 0 bridgehead atoms. The molecule has 0 unspecified atom stereocenters. The van der Waals surface area contributed by atoms with Gasteiger partial charge < -0.3 is 9.30 Å². The maximum atomic E-state index is 12.0. The zero-order chi connectivity index (χ0) is 11.0. The van der Waals surface area contributed by atoms with Crippen LogP contribution >= 0.6 is 0 Å². The highest BCUT2D eigenvalue weighted by molar-refractivity contribution is 5.67. The highest BCUT2D eigenvalue weighted by Gasteiger charge is 2.13. The molecular weight excluding hydrogens is 190 g/mol. The fourth-order valence-corrected chi connectivity index (χ4v) is 1.78. The van der Waals surface area contributed by atoms with E-state index in [1.165, 1.54) is 7.11 Å². The molecule has 0 saturated heterocycles. The summed E-state index contributed by atoms with van der Waals surface area (Å²) in [6, 6.07) is 3.90. The van der Waals surface area contributed by atoms with E-state index in [1.807, 2.05) is 43.1 Å². The summed E-state index contributed by atoms with van der Waals surface area (Å²) in [5, 5.41) is 0. The van der Waals surface area contributed by atoms with Gasteiger partial charge in [-0.3, -0.25) is 4.79 Å². The number of methoxy groups -OCH3 is 1. The Morgan fingerprint density at radius 3 is 2.80 bits per heavy atom. The number of aromatic nitrogens is 1. The minimum Gasteiger partial charge on any atom is -0.492 e. The van der Waals surface area contributed by atoms with Gasteiger partial charge in [0.2, 0.25) is 5.43 Å². The number of pyridine rings is 1. The molecule has 0 spiro atoms. The molecule has 3 nitrogen and oxygen atoms in total. The van der Waals surface area contributed by atoms with Gasteiger partial charge in [0.1, 0.15) is 0 Å². The Kier molecular flexibility index (Phi) is 2.23. The van der Waals surface area contributed by atoms with E-state index < -0.39 is 0 Å². The van der Waals surface area contributed by atoms with Gasteiger partial charge in [-0.1, -0.05) is 0 Å². The summed E-state index contributed by atoms with van der Waals surface area (Å²) in [6.45, 7) is 1.88. The van der Waals surface area contributed by atoms with Crippen LogP contribution in [0.25, 0.3) is 11.1 Å². The number of aryl methyl sites for hydroxylation is 2. The largest absolute Gasteiger partial charge is 0.492 e. The summed E-state index contributed by atoms with van der Waals surface area (Å²) in [7, 11) is 3.42. The van der Waals surface area contributed by atoms with Gasteiger partial charge in [0, 0.05) is 25.0 Å². The molecule has 0 amide bonds. The van der Waals surface area contributed by atoms with Crippen LogP contribution in [-0.4, -0.2) is 11.7 Å². The highest BCUT2D eigenvalue weighted by atomic mass is 16.5. The lowest BCUT2D eigenvalue weighted by Gasteiger charge is -2.11. The Morgan fingerprint density at radius 1 is 1.40 bits per heavy atom. The minimum atomic E-state index is -0.0382. The second-order valence-electron chi connectivity index (χ2n) is 3.67. The Bertz CT molecular complexity index is 528. The van der Waals surface area contributed by atoms with Gasteiger partial charge in [-0.25, -0.2) is 0 Å². The molecule has 0 aromatic carbocycles. The van der Waals surface area contributed by atoms with E-state index in [2.05, 4.69) is 0 Å². The van der Waals surface area contributed by atoms with Crippen LogP contribution < -0.4 is 10.2 Å². The fourth-order valence-electron chi connectivity index (χ4n) is 1.78. The molecule has 2 rings (SSSR count). The average Bonchev–Trinajstić information content (AvgIpc) is 2.20. The highest BCUT2D eigenvalue weighted by Crippen LogP contribution is 2.23. The lowest BCUT2D eigenvalue weighted by molar-refractivity contribution is 0.408. The first-order chi connectivity index (χ1) is 7.13. The van der Waals surface area contributed by atoms with Crippen molar-refractivity contribution < 1.29 is 4.74 Å². The number of ether oxygens (including phenoxy) is 1. The number of hydrogen-bond acceptors (Lipinski definition) is 2. The molecule has 0 atom stereocenters. The Morgan fingerprint density at radius 2 is 2.13 bits per heavy atom. The van der Waals surface area contributed by atoms with Crippen molar-refractivity contribution in [2.75, 3.05) is 7.11 Å². The molecule has 0 N–H and O–H groups in total. The first-order valence-electron chi connectivity index (χ1n) is 4.77. The van der Waals surface area contributed by atoms with E-state index in [1.54, 1.807) is 0 Å². The van der Waals surface area contributed by atoms with Crippen LogP contribution in [0.15, 0.2) is 29.3 Å². The lowest BCUT2D eigenvalue weighted by Crippen LogP contribution is -2.12. The second kappa shape index (κ2) is 3.42. The van der Waals surface area contributed by atoms with Gasteiger partial charge in [-0.2, -0.15) is 0 Å². The summed E-state index contributed by atoms with van der Waals surface area (Å²) >= 11 is 0. The van der Waals surface area contributed by atoms with Crippen molar-refractivity contribution in [1.82, 2.24) is 4.57 Å². The summed E-state index contributed by atoms with van der Waals surface area (Å²) in [4.78, 5) is 12.0. The van der Waals surface area contributed by atoms with Crippen LogP contribution in [0.5, 0.6) is 5.75 Å². The summed E-state index contributed by atoms with van der Waals surface area (Å²) in [5.74, 6) is 0.439. The van der Waals surface area contributed by atoms with Crippen LogP contribution in [0.2, 0.25) is 0 Å². The number of rotatable bonds is 1. The van der Waals surface area contributed by atoms with E-state index in [9.17, 15) is 4.79 Å². The first kappa shape index (κ1) is 9.77. The maximum Gasteiger partial charge on any atom is 0.229 e. The molecule has 0 fully saturated rings. The van der Waals surface area contributed by atoms with Crippen molar-refractivity contribution in [2.24, 2.45) is 7.05 Å². The molecule has 78 valence electrons. The van der Waals surface area contributed by atoms with E-state index in [-0.39, 0.29) is 5.43 Å². The fraction of sp³-hybridized carbons (Fsp3) is 0.250. The van der Waals surface area contributed by atoms with Crippen LogP contribution in [-0.2, 0) is 7.05 Å². The molecule has 0 radical (unpaired) electrons. The van der Waals surface area contributed by atoms with Crippen LogP contribution in [0.1, 0.15) is 5.56 Å². The molecule has 0 aromatic heterocycles. The molecule has 15 heavy (non-hydrogen) atoms. The quantitative estimate of drug-likeness (QED) is 0.707. The predicted octanol–water partition coefficient (Wildman–Crippen LogP) is 1.81. The third-order valence-corrected chi connectivity index (χ3v) is 2.52. The van der Waals surface area contributed by atoms with Crippen molar-refractivity contribution in [3.8, 4) is 16.9 Å². The molecule has 1 heterocycles. The third kappa shape index (κ3) is 1.50. The molecule has 3 heteroatoms. The minimum absolute atomic E-state index is 0.0382. The number of hydrogen-bond donors (Lipinski definition) is 0. The van der Waals surface area contributed by atoms with Crippen LogP contribution in [0, 0.1) is 6.92 Å². The normalized spacial score (nSPS) is 10.6. The first-order valence-corrected chi connectivity index (χ1v) is 4.77. The van der Waals surface area contributed by atoms with Crippen LogP contribution in [0.3, 0.4) is 0 Å². The topological polar surface area (TPSA) is 31.2 Å². The average molecular weight is 203 g/mol. The zero-order valence-electron chi connectivity index (χ0n) is 9.07. The molecule has 2 aliphatic rings.